The van der Waals surface area contributed by atoms with Crippen molar-refractivity contribution in [3.8, 4) is 5.75 Å². The Hall–Kier alpha value is -1.75. The smallest absolute Gasteiger partial charge is 0.257 e. The van der Waals surface area contributed by atoms with Crippen LogP contribution in [0.5, 0.6) is 5.75 Å². The van der Waals surface area contributed by atoms with Crippen LogP contribution in [0.3, 0.4) is 0 Å². The van der Waals surface area contributed by atoms with Gasteiger partial charge >= 0.3 is 0 Å². The second kappa shape index (κ2) is 6.80. The number of methoxy groups -OCH3 is 2. The van der Waals surface area contributed by atoms with E-state index >= 15 is 0 Å². The maximum Gasteiger partial charge on any atom is 0.257 e. The van der Waals surface area contributed by atoms with Gasteiger partial charge in [0.05, 0.1) is 19.3 Å². The molecule has 2 rings (SSSR count). The van der Waals surface area contributed by atoms with Crippen molar-refractivity contribution in [3.05, 3.63) is 23.8 Å². The van der Waals surface area contributed by atoms with Crippen LogP contribution in [0.25, 0.3) is 0 Å². The highest BCUT2D eigenvalue weighted by Gasteiger charge is 2.35. The maximum atomic E-state index is 12.9. The first kappa shape index (κ1) is 15.6. The summed E-state index contributed by atoms with van der Waals surface area (Å²) in [7, 11) is 3.20. The van der Waals surface area contributed by atoms with Gasteiger partial charge < -0.3 is 20.1 Å². The summed E-state index contributed by atoms with van der Waals surface area (Å²) in [6.45, 7) is 3.22. The normalized spacial score (nSPS) is 15.6. The molecule has 0 bridgehead atoms. The molecule has 0 heterocycles. The van der Waals surface area contributed by atoms with Crippen molar-refractivity contribution in [2.75, 3.05) is 33.1 Å². The number of hydrogen-bond donors (Lipinski definition) is 1. The molecule has 0 saturated heterocycles. The summed E-state index contributed by atoms with van der Waals surface area (Å²) >= 11 is 0. The second-order valence-electron chi connectivity index (χ2n) is 5.53. The molecule has 2 N–H and O–H groups in total. The minimum Gasteiger partial charge on any atom is -0.496 e. The van der Waals surface area contributed by atoms with Gasteiger partial charge in [0.2, 0.25) is 0 Å². The van der Waals surface area contributed by atoms with Crippen LogP contribution in [0.2, 0.25) is 0 Å². The standard InChI is InChI=1S/C16H24N2O3/c1-11(12-4-5-12)18(8-9-20-2)16(19)14-7-6-13(17)10-15(14)21-3/h6-7,10-12H,4-5,8-9,17H2,1-3H3. The minimum atomic E-state index is -0.0247. The number of nitrogens with zero attached hydrogens (tertiary/aromatic N) is 1. The van der Waals surface area contributed by atoms with Crippen molar-refractivity contribution in [2.24, 2.45) is 5.92 Å². The largest absolute Gasteiger partial charge is 0.496 e. The Morgan fingerprint density at radius 1 is 1.43 bits per heavy atom. The van der Waals surface area contributed by atoms with Crippen LogP contribution in [0.4, 0.5) is 5.69 Å². The Balaban J connectivity index is 2.24. The Bertz CT molecular complexity index is 500. The van der Waals surface area contributed by atoms with Crippen LogP contribution in [-0.4, -0.2) is 44.2 Å². The molecule has 21 heavy (non-hydrogen) atoms. The van der Waals surface area contributed by atoms with Crippen molar-refractivity contribution in [2.45, 2.75) is 25.8 Å². The molecule has 1 unspecified atom stereocenters. The highest BCUT2D eigenvalue weighted by Crippen LogP contribution is 2.36. The van der Waals surface area contributed by atoms with Crippen LogP contribution in [0.15, 0.2) is 18.2 Å². The van der Waals surface area contributed by atoms with Gasteiger partial charge in [0.1, 0.15) is 5.75 Å². The molecule has 0 radical (unpaired) electrons. The quantitative estimate of drug-likeness (QED) is 0.782. The molecule has 1 saturated carbocycles. The lowest BCUT2D eigenvalue weighted by molar-refractivity contribution is 0.0591. The third-order valence-corrected chi connectivity index (χ3v) is 4.05. The highest BCUT2D eigenvalue weighted by molar-refractivity contribution is 5.97. The molecule has 1 aliphatic carbocycles. The number of rotatable bonds is 7. The van der Waals surface area contributed by atoms with E-state index in [4.69, 9.17) is 15.2 Å². The van der Waals surface area contributed by atoms with E-state index in [1.54, 1.807) is 32.4 Å². The number of ether oxygens (including phenoxy) is 2. The first-order valence-electron chi connectivity index (χ1n) is 7.32. The molecule has 116 valence electrons. The first-order valence-corrected chi connectivity index (χ1v) is 7.32. The molecule has 1 aromatic rings. The molecule has 1 amide bonds. The number of carbonyl (C=O) groups excluding carboxylic acids is 1. The Morgan fingerprint density at radius 3 is 2.71 bits per heavy atom. The molecular weight excluding hydrogens is 268 g/mol. The monoisotopic (exact) mass is 292 g/mol. The lowest BCUT2D eigenvalue weighted by atomic mass is 10.1. The summed E-state index contributed by atoms with van der Waals surface area (Å²) in [4.78, 5) is 14.7. The predicted octanol–water partition coefficient (Wildman–Crippen LogP) is 2.16. The van der Waals surface area contributed by atoms with Crippen molar-refractivity contribution in [1.29, 1.82) is 0 Å². The van der Waals surface area contributed by atoms with E-state index < -0.39 is 0 Å². The second-order valence-corrected chi connectivity index (χ2v) is 5.53. The Labute approximate surface area is 126 Å². The van der Waals surface area contributed by atoms with Gasteiger partial charge in [-0.25, -0.2) is 0 Å². The zero-order valence-electron chi connectivity index (χ0n) is 13.0. The SMILES string of the molecule is COCCN(C(=O)c1ccc(N)cc1OC)C(C)C1CC1. The summed E-state index contributed by atoms with van der Waals surface area (Å²) in [5, 5.41) is 0. The lowest BCUT2D eigenvalue weighted by Gasteiger charge is -2.30. The number of nitrogens with two attached hydrogens (primary N) is 1. The molecule has 1 atom stereocenters. The zero-order valence-corrected chi connectivity index (χ0v) is 13.0. The van der Waals surface area contributed by atoms with E-state index in [9.17, 15) is 4.79 Å². The molecule has 1 aliphatic rings. The number of carbonyl (C=O) groups is 1. The Morgan fingerprint density at radius 2 is 2.14 bits per heavy atom. The first-order chi connectivity index (χ1) is 10.1. The molecule has 0 aromatic heterocycles. The van der Waals surface area contributed by atoms with Gasteiger partial charge in [0.15, 0.2) is 0 Å². The third-order valence-electron chi connectivity index (χ3n) is 4.05. The molecular formula is C16H24N2O3. The summed E-state index contributed by atoms with van der Waals surface area (Å²) in [6.07, 6.45) is 2.38. The molecule has 5 nitrogen and oxygen atoms in total. The van der Waals surface area contributed by atoms with E-state index in [0.717, 1.165) is 0 Å². The molecule has 0 aliphatic heterocycles. The molecule has 0 spiro atoms. The van der Waals surface area contributed by atoms with E-state index in [1.807, 2.05) is 4.90 Å². The van der Waals surface area contributed by atoms with Gasteiger partial charge in [-0.05, 0) is 37.8 Å². The van der Waals surface area contributed by atoms with Crippen molar-refractivity contribution in [1.82, 2.24) is 4.90 Å². The number of amides is 1. The van der Waals surface area contributed by atoms with E-state index in [2.05, 4.69) is 6.92 Å². The zero-order chi connectivity index (χ0) is 15.4. The highest BCUT2D eigenvalue weighted by atomic mass is 16.5. The van der Waals surface area contributed by atoms with E-state index in [-0.39, 0.29) is 11.9 Å². The molecule has 5 heteroatoms. The summed E-state index contributed by atoms with van der Waals surface area (Å²) < 4.78 is 10.4. The van der Waals surface area contributed by atoms with Gasteiger partial charge in [0.25, 0.3) is 5.91 Å². The van der Waals surface area contributed by atoms with Crippen LogP contribution in [0, 0.1) is 5.92 Å². The van der Waals surface area contributed by atoms with Gasteiger partial charge in [-0.3, -0.25) is 4.79 Å². The average Bonchev–Trinajstić information content (AvgIpc) is 3.31. The number of nitrogen functional groups attached to an aromatic ring is 1. The number of hydrogen-bond acceptors (Lipinski definition) is 4. The van der Waals surface area contributed by atoms with Crippen molar-refractivity contribution >= 4 is 11.6 Å². The van der Waals surface area contributed by atoms with Crippen molar-refractivity contribution < 1.29 is 14.3 Å². The van der Waals surface area contributed by atoms with E-state index in [0.29, 0.717) is 36.1 Å². The fourth-order valence-corrected chi connectivity index (χ4v) is 2.55. The van der Waals surface area contributed by atoms with Crippen LogP contribution in [0.1, 0.15) is 30.1 Å². The average molecular weight is 292 g/mol. The third kappa shape index (κ3) is 3.67. The lowest BCUT2D eigenvalue weighted by Crippen LogP contribution is -2.42. The maximum absolute atomic E-state index is 12.9. The fraction of sp³-hybridized carbons (Fsp3) is 0.562. The summed E-state index contributed by atoms with van der Waals surface area (Å²) in [5.41, 5.74) is 6.89. The van der Waals surface area contributed by atoms with Crippen LogP contribution >= 0.6 is 0 Å². The topological polar surface area (TPSA) is 64.8 Å². The minimum absolute atomic E-state index is 0.0247. The van der Waals surface area contributed by atoms with E-state index in [1.165, 1.54) is 12.8 Å². The van der Waals surface area contributed by atoms with Crippen LogP contribution < -0.4 is 10.5 Å². The summed E-state index contributed by atoms with van der Waals surface area (Å²) in [5.74, 6) is 1.10. The summed E-state index contributed by atoms with van der Waals surface area (Å²) in [6, 6.07) is 5.36. The molecule has 1 fully saturated rings. The van der Waals surface area contributed by atoms with Gasteiger partial charge in [-0.2, -0.15) is 0 Å². The van der Waals surface area contributed by atoms with Crippen LogP contribution in [-0.2, 0) is 4.74 Å². The van der Waals surface area contributed by atoms with Gasteiger partial charge in [-0.1, -0.05) is 0 Å². The number of benzene rings is 1. The Kier molecular flexibility index (Phi) is 5.07. The number of anilines is 1. The van der Waals surface area contributed by atoms with Crippen molar-refractivity contribution in [3.63, 3.8) is 0 Å². The molecule has 1 aromatic carbocycles. The van der Waals surface area contributed by atoms with Gasteiger partial charge in [0, 0.05) is 31.5 Å². The fourth-order valence-electron chi connectivity index (χ4n) is 2.55. The van der Waals surface area contributed by atoms with Gasteiger partial charge in [-0.15, -0.1) is 0 Å². The predicted molar refractivity (Wildman–Crippen MR) is 82.5 cm³/mol.